The summed E-state index contributed by atoms with van der Waals surface area (Å²) in [4.78, 5) is 2.12. The molecule has 0 saturated carbocycles. The lowest BCUT2D eigenvalue weighted by Crippen LogP contribution is -2.21. The van der Waals surface area contributed by atoms with Crippen LogP contribution in [0.3, 0.4) is 0 Å². The fourth-order valence-electron chi connectivity index (χ4n) is 0.745. The Morgan fingerprint density at radius 2 is 2.10 bits per heavy atom. The lowest BCUT2D eigenvalue weighted by molar-refractivity contribution is 0.835. The Morgan fingerprint density at radius 3 is 2.50 bits per heavy atom. The maximum atomic E-state index is 3.84. The van der Waals surface area contributed by atoms with E-state index in [9.17, 15) is 0 Å². The third kappa shape index (κ3) is 1.41. The van der Waals surface area contributed by atoms with Crippen molar-refractivity contribution in [1.29, 1.82) is 0 Å². The third-order valence-corrected chi connectivity index (χ3v) is 1.98. The third-order valence-electron chi connectivity index (χ3n) is 1.32. The molecule has 0 amide bonds. The maximum Gasteiger partial charge on any atom is 0.227 e. The summed E-state index contributed by atoms with van der Waals surface area (Å²) in [5.74, 6) is 0. The van der Waals surface area contributed by atoms with Gasteiger partial charge in [0, 0.05) is 24.6 Å². The molecule has 0 unspecified atom stereocenters. The van der Waals surface area contributed by atoms with E-state index in [0.29, 0.717) is 0 Å². The molecule has 0 saturated heterocycles. The number of rotatable bonds is 3. The van der Waals surface area contributed by atoms with Gasteiger partial charge in [-0.25, -0.2) is 0 Å². The number of nitrogens with zero attached hydrogens (tertiary/aromatic N) is 4. The Morgan fingerprint density at radius 1 is 1.40 bits per heavy atom. The second kappa shape index (κ2) is 3.46. The van der Waals surface area contributed by atoms with E-state index in [-0.39, 0.29) is 0 Å². The van der Waals surface area contributed by atoms with Gasteiger partial charge in [-0.1, -0.05) is 9.59 Å². The Bertz CT molecular complexity index is 170. The Kier molecular flexibility index (Phi) is 2.56. The predicted octanol–water partition coefficient (Wildman–Crippen LogP) is 0.779. The first-order chi connectivity index (χ1) is 4.88. The molecule has 0 aliphatic carbocycles. The van der Waals surface area contributed by atoms with Crippen LogP contribution in [0.4, 0.5) is 5.13 Å². The fourth-order valence-corrected chi connectivity index (χ4v) is 1.34. The van der Waals surface area contributed by atoms with Crippen LogP contribution >= 0.6 is 11.5 Å². The lowest BCUT2D eigenvalue weighted by Gasteiger charge is -2.14. The first kappa shape index (κ1) is 7.40. The van der Waals surface area contributed by atoms with Gasteiger partial charge in [0.25, 0.3) is 0 Å². The lowest BCUT2D eigenvalue weighted by atomic mass is 10.6. The van der Waals surface area contributed by atoms with E-state index in [4.69, 9.17) is 0 Å². The molecule has 0 aliphatic heterocycles. The molecule has 1 aromatic rings. The van der Waals surface area contributed by atoms with Gasteiger partial charge in [0.15, 0.2) is 0 Å². The van der Waals surface area contributed by atoms with Crippen molar-refractivity contribution in [3.63, 3.8) is 0 Å². The Hall–Kier alpha value is -0.710. The van der Waals surface area contributed by atoms with E-state index in [0.717, 1.165) is 18.2 Å². The minimum atomic E-state index is 0.907. The van der Waals surface area contributed by atoms with Crippen molar-refractivity contribution >= 4 is 16.7 Å². The van der Waals surface area contributed by atoms with Crippen LogP contribution in [0.5, 0.6) is 0 Å². The predicted molar refractivity (Wildman–Crippen MR) is 41.3 cm³/mol. The van der Waals surface area contributed by atoms with Crippen LogP contribution in [0.1, 0.15) is 13.8 Å². The minimum Gasteiger partial charge on any atom is -0.346 e. The number of aromatic nitrogens is 3. The summed E-state index contributed by atoms with van der Waals surface area (Å²) < 4.78 is 3.68. The molecule has 0 atom stereocenters. The van der Waals surface area contributed by atoms with Gasteiger partial charge < -0.3 is 4.90 Å². The van der Waals surface area contributed by atoms with Crippen LogP contribution in [0.25, 0.3) is 0 Å². The summed E-state index contributed by atoms with van der Waals surface area (Å²) in [5, 5.41) is 8.26. The van der Waals surface area contributed by atoms with Crippen LogP contribution in [0, 0.1) is 0 Å². The smallest absolute Gasteiger partial charge is 0.227 e. The molecule has 1 aromatic heterocycles. The first-order valence-electron chi connectivity index (χ1n) is 3.28. The minimum absolute atomic E-state index is 0.907. The van der Waals surface area contributed by atoms with Crippen LogP contribution in [-0.2, 0) is 0 Å². The van der Waals surface area contributed by atoms with Crippen LogP contribution < -0.4 is 4.90 Å². The molecule has 5 heteroatoms. The van der Waals surface area contributed by atoms with Crippen molar-refractivity contribution in [3.05, 3.63) is 0 Å². The van der Waals surface area contributed by atoms with Gasteiger partial charge >= 0.3 is 0 Å². The highest BCUT2D eigenvalue weighted by Crippen LogP contribution is 2.11. The normalized spacial score (nSPS) is 9.80. The van der Waals surface area contributed by atoms with Crippen molar-refractivity contribution < 1.29 is 0 Å². The summed E-state index contributed by atoms with van der Waals surface area (Å²) in [6.07, 6.45) is 0. The van der Waals surface area contributed by atoms with E-state index in [1.165, 1.54) is 11.5 Å². The average molecular weight is 158 g/mol. The SMILES string of the molecule is CCN(CC)c1nnns1. The summed E-state index contributed by atoms with van der Waals surface area (Å²) >= 11 is 1.33. The van der Waals surface area contributed by atoms with Crippen LogP contribution in [0.2, 0.25) is 0 Å². The summed E-state index contributed by atoms with van der Waals surface area (Å²) in [6, 6.07) is 0. The fraction of sp³-hybridized carbons (Fsp3) is 0.800. The number of hydrogen-bond donors (Lipinski definition) is 0. The summed E-state index contributed by atoms with van der Waals surface area (Å²) in [5.41, 5.74) is 0. The Balaban J connectivity index is 2.64. The van der Waals surface area contributed by atoms with E-state index in [2.05, 4.69) is 33.5 Å². The van der Waals surface area contributed by atoms with Gasteiger partial charge in [-0.15, -0.1) is 0 Å². The first-order valence-corrected chi connectivity index (χ1v) is 4.05. The highest BCUT2D eigenvalue weighted by molar-refractivity contribution is 7.09. The van der Waals surface area contributed by atoms with Crippen molar-refractivity contribution in [2.24, 2.45) is 0 Å². The van der Waals surface area contributed by atoms with Crippen LogP contribution in [-0.4, -0.2) is 27.9 Å². The van der Waals surface area contributed by atoms with E-state index in [1.54, 1.807) is 0 Å². The zero-order valence-corrected chi connectivity index (χ0v) is 6.93. The highest BCUT2D eigenvalue weighted by atomic mass is 32.1. The molecular formula is C5H10N4S. The van der Waals surface area contributed by atoms with Gasteiger partial charge in [-0.05, 0) is 19.1 Å². The molecule has 56 valence electrons. The van der Waals surface area contributed by atoms with E-state index in [1.807, 2.05) is 0 Å². The van der Waals surface area contributed by atoms with Crippen molar-refractivity contribution in [2.75, 3.05) is 18.0 Å². The molecule has 0 radical (unpaired) electrons. The molecule has 10 heavy (non-hydrogen) atoms. The molecule has 0 bridgehead atoms. The van der Waals surface area contributed by atoms with Crippen LogP contribution in [0.15, 0.2) is 0 Å². The van der Waals surface area contributed by atoms with Gasteiger partial charge in [0.1, 0.15) is 0 Å². The molecular weight excluding hydrogens is 148 g/mol. The molecule has 4 nitrogen and oxygen atoms in total. The quantitative estimate of drug-likeness (QED) is 0.652. The van der Waals surface area contributed by atoms with E-state index < -0.39 is 0 Å². The monoisotopic (exact) mass is 158 g/mol. The molecule has 1 heterocycles. The molecule has 1 rings (SSSR count). The van der Waals surface area contributed by atoms with Crippen molar-refractivity contribution in [2.45, 2.75) is 13.8 Å². The van der Waals surface area contributed by atoms with Gasteiger partial charge in [0.05, 0.1) is 0 Å². The van der Waals surface area contributed by atoms with Gasteiger partial charge in [-0.2, -0.15) is 0 Å². The topological polar surface area (TPSA) is 41.9 Å². The standard InChI is InChI=1S/C5H10N4S/c1-3-9(4-2)5-6-7-8-10-5/h3-4H2,1-2H3. The maximum absolute atomic E-state index is 3.84. The number of hydrogen-bond acceptors (Lipinski definition) is 5. The summed E-state index contributed by atoms with van der Waals surface area (Å²) in [7, 11) is 0. The van der Waals surface area contributed by atoms with Crippen molar-refractivity contribution in [1.82, 2.24) is 14.8 Å². The zero-order valence-electron chi connectivity index (χ0n) is 6.11. The number of anilines is 1. The van der Waals surface area contributed by atoms with Gasteiger partial charge in [0.2, 0.25) is 5.13 Å². The Labute approximate surface area is 64.0 Å². The average Bonchev–Trinajstić information content (AvgIpc) is 2.43. The largest absolute Gasteiger partial charge is 0.346 e. The van der Waals surface area contributed by atoms with Gasteiger partial charge in [-0.3, -0.25) is 0 Å². The second-order valence-electron chi connectivity index (χ2n) is 1.82. The molecule has 0 fully saturated rings. The molecule has 0 N–H and O–H groups in total. The molecule has 0 spiro atoms. The van der Waals surface area contributed by atoms with Crippen molar-refractivity contribution in [3.8, 4) is 0 Å². The molecule has 0 aromatic carbocycles. The second-order valence-corrected chi connectivity index (χ2v) is 2.53. The van der Waals surface area contributed by atoms with E-state index >= 15 is 0 Å². The summed E-state index contributed by atoms with van der Waals surface area (Å²) in [6.45, 7) is 6.11. The zero-order chi connectivity index (χ0) is 7.40. The highest BCUT2D eigenvalue weighted by Gasteiger charge is 2.04. The molecule has 0 aliphatic rings.